The number of thiazole rings is 1. The molecule has 2 atom stereocenters. The van der Waals surface area contributed by atoms with Crippen molar-refractivity contribution in [2.24, 2.45) is 5.92 Å². The molecule has 2 saturated heterocycles. The smallest absolute Gasteiger partial charge is 0.270 e. The highest BCUT2D eigenvalue weighted by atomic mass is 32.1. The first-order chi connectivity index (χ1) is 13.8. The molecule has 2 unspecified atom stereocenters. The lowest BCUT2D eigenvalue weighted by Gasteiger charge is -2.40. The van der Waals surface area contributed by atoms with Gasteiger partial charge < -0.3 is 15.0 Å². The van der Waals surface area contributed by atoms with Crippen molar-refractivity contribution in [1.29, 1.82) is 0 Å². The number of rotatable bonds is 8. The van der Waals surface area contributed by atoms with Crippen LogP contribution in [0.3, 0.4) is 0 Å². The Balaban J connectivity index is 1.37. The highest BCUT2D eigenvalue weighted by Gasteiger charge is 2.42. The molecule has 1 N–H and O–H groups in total. The molecule has 1 aromatic rings. The third-order valence-electron chi connectivity index (χ3n) is 6.23. The Morgan fingerprint density at radius 2 is 2.17 bits per heavy atom. The molecule has 162 valence electrons. The molecule has 2 aliphatic rings. The van der Waals surface area contributed by atoms with Crippen molar-refractivity contribution in [3.05, 3.63) is 27.7 Å². The quantitative estimate of drug-likeness (QED) is 0.627. The monoisotopic (exact) mass is 419 g/mol. The minimum Gasteiger partial charge on any atom is -0.370 e. The summed E-state index contributed by atoms with van der Waals surface area (Å²) in [6, 6.07) is 0. The Hall–Kier alpha value is -1.24. The molecule has 1 amide bonds. The second-order valence-corrected chi connectivity index (χ2v) is 10.3. The maximum Gasteiger partial charge on any atom is 0.270 e. The molecule has 3 heterocycles. The Bertz CT molecular complexity index is 703. The highest BCUT2D eigenvalue weighted by Crippen LogP contribution is 2.39. The Morgan fingerprint density at radius 3 is 2.83 bits per heavy atom. The molecular formula is C23H37N3O2S. The van der Waals surface area contributed by atoms with Crippen molar-refractivity contribution in [1.82, 2.24) is 15.2 Å². The first-order valence-electron chi connectivity index (χ1n) is 11.1. The van der Waals surface area contributed by atoms with Crippen LogP contribution in [0, 0.1) is 12.8 Å². The molecule has 2 fully saturated rings. The summed E-state index contributed by atoms with van der Waals surface area (Å²) in [5, 5.41) is 5.74. The number of allylic oxidation sites excluding steroid dienone is 2. The first-order valence-corrected chi connectivity index (χ1v) is 12.0. The summed E-state index contributed by atoms with van der Waals surface area (Å²) in [7, 11) is 0. The molecule has 0 aliphatic carbocycles. The second-order valence-electron chi connectivity index (χ2n) is 9.19. The minimum atomic E-state index is -0.0872. The van der Waals surface area contributed by atoms with E-state index in [1.54, 1.807) is 0 Å². The van der Waals surface area contributed by atoms with Crippen LogP contribution < -0.4 is 5.32 Å². The second kappa shape index (κ2) is 10.2. The zero-order chi connectivity index (χ0) is 20.9. The van der Waals surface area contributed by atoms with Gasteiger partial charge in [0.05, 0.1) is 16.7 Å². The van der Waals surface area contributed by atoms with Crippen LogP contribution in [-0.2, 0) is 4.74 Å². The summed E-state index contributed by atoms with van der Waals surface area (Å²) < 4.78 is 6.46. The number of nitrogens with zero attached hydrogens (tertiary/aromatic N) is 2. The molecule has 0 saturated carbocycles. The van der Waals surface area contributed by atoms with Crippen molar-refractivity contribution >= 4 is 17.2 Å². The van der Waals surface area contributed by atoms with Crippen LogP contribution in [0.1, 0.15) is 74.8 Å². The van der Waals surface area contributed by atoms with Gasteiger partial charge in [-0.2, -0.15) is 0 Å². The predicted octanol–water partition coefficient (Wildman–Crippen LogP) is 4.58. The van der Waals surface area contributed by atoms with Crippen LogP contribution >= 0.6 is 11.3 Å². The van der Waals surface area contributed by atoms with Crippen molar-refractivity contribution in [2.45, 2.75) is 77.9 Å². The fourth-order valence-corrected chi connectivity index (χ4v) is 5.10. The molecule has 0 aromatic carbocycles. The van der Waals surface area contributed by atoms with Crippen LogP contribution in [0.15, 0.2) is 17.0 Å². The maximum atomic E-state index is 12.2. The van der Waals surface area contributed by atoms with E-state index in [9.17, 15) is 4.79 Å². The summed E-state index contributed by atoms with van der Waals surface area (Å²) in [5.74, 6) is 0.650. The fourth-order valence-electron chi connectivity index (χ4n) is 4.50. The van der Waals surface area contributed by atoms with Gasteiger partial charge in [-0.3, -0.25) is 4.79 Å². The summed E-state index contributed by atoms with van der Waals surface area (Å²) in [6.07, 6.45) is 9.33. The average Bonchev–Trinajstić information content (AvgIpc) is 3.28. The van der Waals surface area contributed by atoms with Gasteiger partial charge in [0.2, 0.25) is 0 Å². The molecule has 0 bridgehead atoms. The zero-order valence-corrected chi connectivity index (χ0v) is 19.3. The normalized spacial score (nSPS) is 22.6. The number of aromatic nitrogens is 1. The largest absolute Gasteiger partial charge is 0.370 e. The molecule has 3 rings (SSSR count). The maximum absolute atomic E-state index is 12.2. The SMILES string of the molecule is CC(C)=CCCC(C)CN1CCC2(CCC(CNC(=O)c3csc(C)n3)O2)CC1. The number of carbonyl (C=O) groups excluding carboxylic acids is 1. The van der Waals surface area contributed by atoms with Crippen molar-refractivity contribution in [3.63, 3.8) is 0 Å². The first kappa shape index (κ1) is 22.4. The standard InChI is InChI=1S/C23H37N3O2S/c1-17(2)6-5-7-18(3)15-26-12-10-23(11-13-26)9-8-20(28-23)14-24-22(27)21-16-29-19(4)25-21/h6,16,18,20H,5,7-15H2,1-4H3,(H,24,27). The number of carbonyl (C=O) groups is 1. The molecule has 1 spiro atoms. The van der Waals surface area contributed by atoms with Crippen LogP contribution in [0.4, 0.5) is 0 Å². The van der Waals surface area contributed by atoms with E-state index in [0.29, 0.717) is 12.2 Å². The van der Waals surface area contributed by atoms with Crippen LogP contribution in [0.25, 0.3) is 0 Å². The van der Waals surface area contributed by atoms with E-state index in [0.717, 1.165) is 49.7 Å². The van der Waals surface area contributed by atoms with Crippen molar-refractivity contribution < 1.29 is 9.53 Å². The van der Waals surface area contributed by atoms with Gasteiger partial charge >= 0.3 is 0 Å². The molecule has 0 radical (unpaired) electrons. The molecule has 29 heavy (non-hydrogen) atoms. The van der Waals surface area contributed by atoms with E-state index in [4.69, 9.17) is 4.74 Å². The van der Waals surface area contributed by atoms with Gasteiger partial charge in [-0.1, -0.05) is 18.6 Å². The Labute approximate surface area is 179 Å². The molecule has 1 aromatic heterocycles. The van der Waals surface area contributed by atoms with E-state index in [-0.39, 0.29) is 17.6 Å². The molecule has 2 aliphatic heterocycles. The van der Waals surface area contributed by atoms with E-state index in [1.807, 2.05) is 12.3 Å². The van der Waals surface area contributed by atoms with Gasteiger partial charge in [-0.05, 0) is 65.2 Å². The Kier molecular flexibility index (Phi) is 7.88. The van der Waals surface area contributed by atoms with Gasteiger partial charge in [0.1, 0.15) is 5.69 Å². The predicted molar refractivity (Wildman–Crippen MR) is 120 cm³/mol. The van der Waals surface area contributed by atoms with Crippen LogP contribution in [0.2, 0.25) is 0 Å². The number of piperidine rings is 1. The lowest BCUT2D eigenvalue weighted by molar-refractivity contribution is -0.0766. The average molecular weight is 420 g/mol. The molecule has 6 heteroatoms. The summed E-state index contributed by atoms with van der Waals surface area (Å²) in [4.78, 5) is 19.1. The van der Waals surface area contributed by atoms with E-state index in [2.05, 4.69) is 42.0 Å². The number of hydrogen-bond donors (Lipinski definition) is 1. The van der Waals surface area contributed by atoms with E-state index < -0.39 is 0 Å². The number of nitrogens with one attached hydrogen (secondary N) is 1. The van der Waals surface area contributed by atoms with Gasteiger partial charge in [0, 0.05) is 31.6 Å². The van der Waals surface area contributed by atoms with E-state index >= 15 is 0 Å². The molecule has 5 nitrogen and oxygen atoms in total. The number of ether oxygens (including phenoxy) is 1. The van der Waals surface area contributed by atoms with E-state index in [1.165, 1.54) is 36.3 Å². The van der Waals surface area contributed by atoms with Gasteiger partial charge in [-0.15, -0.1) is 11.3 Å². The minimum absolute atomic E-state index is 0.0361. The molecular weight excluding hydrogens is 382 g/mol. The van der Waals surface area contributed by atoms with Crippen LogP contribution in [-0.4, -0.2) is 53.7 Å². The third-order valence-corrected chi connectivity index (χ3v) is 7.00. The van der Waals surface area contributed by atoms with Gasteiger partial charge in [-0.25, -0.2) is 4.98 Å². The van der Waals surface area contributed by atoms with Crippen molar-refractivity contribution in [3.8, 4) is 0 Å². The fraction of sp³-hybridized carbons (Fsp3) is 0.739. The topological polar surface area (TPSA) is 54.5 Å². The number of hydrogen-bond acceptors (Lipinski definition) is 5. The zero-order valence-electron chi connectivity index (χ0n) is 18.5. The summed E-state index contributed by atoms with van der Waals surface area (Å²) in [6.45, 7) is 12.7. The van der Waals surface area contributed by atoms with Gasteiger partial charge in [0.25, 0.3) is 5.91 Å². The Morgan fingerprint density at radius 1 is 1.41 bits per heavy atom. The summed E-state index contributed by atoms with van der Waals surface area (Å²) in [5.41, 5.74) is 1.98. The number of aryl methyl sites for hydroxylation is 1. The van der Waals surface area contributed by atoms with Crippen LogP contribution in [0.5, 0.6) is 0 Å². The lowest BCUT2D eigenvalue weighted by atomic mass is 9.88. The number of likely N-dealkylation sites (tertiary alicyclic amines) is 1. The number of amides is 1. The summed E-state index contributed by atoms with van der Waals surface area (Å²) >= 11 is 1.51. The lowest BCUT2D eigenvalue weighted by Crippen LogP contribution is -2.46. The third kappa shape index (κ3) is 6.63. The van der Waals surface area contributed by atoms with Crippen molar-refractivity contribution in [2.75, 3.05) is 26.2 Å². The highest BCUT2D eigenvalue weighted by molar-refractivity contribution is 7.09. The van der Waals surface area contributed by atoms with Gasteiger partial charge in [0.15, 0.2) is 0 Å².